The third-order valence-electron chi connectivity index (χ3n) is 2.38. The molecule has 0 fully saturated rings. The molecule has 4 nitrogen and oxygen atoms in total. The Bertz CT molecular complexity index is 499. The number of rotatable bonds is 6. The molecule has 0 atom stereocenters. The molecule has 0 aromatic heterocycles. The number of nitrogens with one attached hydrogen (secondary N) is 1. The maximum absolute atomic E-state index is 11.4. The number of hydrogen-bond donors (Lipinski definition) is 1. The number of para-hydroxylation sites is 1. The molecule has 0 aliphatic rings. The molecule has 0 saturated carbocycles. The van der Waals surface area contributed by atoms with Crippen LogP contribution < -0.4 is 10.2 Å². The Morgan fingerprint density at radius 3 is 2.26 bits per heavy atom. The van der Waals surface area contributed by atoms with Gasteiger partial charge in [0.15, 0.2) is 6.61 Å². The maximum atomic E-state index is 11.4. The van der Waals surface area contributed by atoms with Crippen molar-refractivity contribution in [3.8, 4) is 5.75 Å². The zero-order chi connectivity index (χ0) is 13.3. The molecule has 2 aromatic rings. The number of hydrogen-bond acceptors (Lipinski definition) is 3. The highest BCUT2D eigenvalue weighted by molar-refractivity contribution is 5.76. The lowest BCUT2D eigenvalue weighted by atomic mass is 10.2. The fraction of sp³-hybridized carbons (Fsp3) is 0.133. The van der Waals surface area contributed by atoms with Crippen LogP contribution in [0.1, 0.15) is 5.56 Å². The van der Waals surface area contributed by atoms with Gasteiger partial charge in [-0.25, -0.2) is 5.48 Å². The normalized spacial score (nSPS) is 9.89. The van der Waals surface area contributed by atoms with E-state index in [0.29, 0.717) is 12.4 Å². The molecule has 0 aliphatic carbocycles. The predicted octanol–water partition coefficient (Wildman–Crippen LogP) is 2.31. The molecule has 1 amide bonds. The van der Waals surface area contributed by atoms with Crippen LogP contribution >= 0.6 is 0 Å². The van der Waals surface area contributed by atoms with Gasteiger partial charge in [0.25, 0.3) is 5.91 Å². The van der Waals surface area contributed by atoms with E-state index >= 15 is 0 Å². The van der Waals surface area contributed by atoms with E-state index in [2.05, 4.69) is 5.48 Å². The van der Waals surface area contributed by atoms with Gasteiger partial charge in [-0.15, -0.1) is 0 Å². The second-order valence-corrected chi connectivity index (χ2v) is 3.90. The molecule has 0 bridgehead atoms. The first-order valence-corrected chi connectivity index (χ1v) is 5.97. The average Bonchev–Trinajstić information content (AvgIpc) is 2.47. The molecular formula is C15H15NO3. The molecule has 0 radical (unpaired) electrons. The van der Waals surface area contributed by atoms with Gasteiger partial charge >= 0.3 is 0 Å². The van der Waals surface area contributed by atoms with E-state index in [4.69, 9.17) is 9.57 Å². The van der Waals surface area contributed by atoms with Crippen LogP contribution in [0.2, 0.25) is 0 Å². The average molecular weight is 257 g/mol. The molecule has 0 aliphatic heterocycles. The summed E-state index contributed by atoms with van der Waals surface area (Å²) >= 11 is 0. The van der Waals surface area contributed by atoms with Crippen LogP contribution in [0, 0.1) is 0 Å². The monoisotopic (exact) mass is 257 g/mol. The van der Waals surface area contributed by atoms with Crippen LogP contribution in [-0.2, 0) is 16.2 Å². The molecule has 0 saturated heterocycles. The lowest BCUT2D eigenvalue weighted by Gasteiger charge is -2.07. The van der Waals surface area contributed by atoms with Crippen LogP contribution in [0.5, 0.6) is 5.75 Å². The second-order valence-electron chi connectivity index (χ2n) is 3.90. The first-order chi connectivity index (χ1) is 9.34. The van der Waals surface area contributed by atoms with Crippen LogP contribution in [0.15, 0.2) is 60.7 Å². The smallest absolute Gasteiger partial charge is 0.281 e. The van der Waals surface area contributed by atoms with Crippen molar-refractivity contribution >= 4 is 5.91 Å². The van der Waals surface area contributed by atoms with Crippen LogP contribution in [0.4, 0.5) is 0 Å². The summed E-state index contributed by atoms with van der Waals surface area (Å²) in [4.78, 5) is 16.5. The third-order valence-corrected chi connectivity index (χ3v) is 2.38. The van der Waals surface area contributed by atoms with E-state index in [1.807, 2.05) is 48.5 Å². The molecule has 0 heterocycles. The minimum atomic E-state index is -0.320. The fourth-order valence-electron chi connectivity index (χ4n) is 1.47. The number of amides is 1. The lowest BCUT2D eigenvalue weighted by molar-refractivity contribution is -0.136. The van der Waals surface area contributed by atoms with E-state index in [1.165, 1.54) is 0 Å². The van der Waals surface area contributed by atoms with Crippen molar-refractivity contribution in [2.75, 3.05) is 6.61 Å². The Morgan fingerprint density at radius 2 is 1.58 bits per heavy atom. The van der Waals surface area contributed by atoms with Crippen molar-refractivity contribution < 1.29 is 14.4 Å². The van der Waals surface area contributed by atoms with Gasteiger partial charge in [0, 0.05) is 0 Å². The quantitative estimate of drug-likeness (QED) is 0.808. The summed E-state index contributed by atoms with van der Waals surface area (Å²) < 4.78 is 5.28. The Kier molecular flexibility index (Phi) is 4.96. The summed E-state index contributed by atoms with van der Waals surface area (Å²) in [6.45, 7) is 0.261. The van der Waals surface area contributed by atoms with Crippen molar-refractivity contribution in [1.29, 1.82) is 0 Å². The molecule has 0 spiro atoms. The fourth-order valence-corrected chi connectivity index (χ4v) is 1.47. The number of hydroxylamine groups is 1. The summed E-state index contributed by atoms with van der Waals surface area (Å²) in [7, 11) is 0. The Hall–Kier alpha value is -2.33. The molecule has 1 N–H and O–H groups in total. The Labute approximate surface area is 111 Å². The summed E-state index contributed by atoms with van der Waals surface area (Å²) in [5, 5.41) is 0. The molecule has 0 unspecified atom stereocenters. The van der Waals surface area contributed by atoms with Crippen LogP contribution in [0.25, 0.3) is 0 Å². The van der Waals surface area contributed by atoms with E-state index in [9.17, 15) is 4.79 Å². The van der Waals surface area contributed by atoms with Gasteiger partial charge in [-0.3, -0.25) is 9.63 Å². The van der Waals surface area contributed by atoms with Crippen molar-refractivity contribution in [2.24, 2.45) is 0 Å². The number of ether oxygens (including phenoxy) is 1. The Balaban J connectivity index is 1.65. The highest BCUT2D eigenvalue weighted by Crippen LogP contribution is 2.07. The van der Waals surface area contributed by atoms with Gasteiger partial charge in [0.2, 0.25) is 0 Å². The molecule has 4 heteroatoms. The number of carbonyl (C=O) groups is 1. The van der Waals surface area contributed by atoms with E-state index in [0.717, 1.165) is 5.56 Å². The van der Waals surface area contributed by atoms with Gasteiger partial charge in [0.1, 0.15) is 5.75 Å². The molecular weight excluding hydrogens is 242 g/mol. The summed E-state index contributed by atoms with van der Waals surface area (Å²) in [5.74, 6) is 0.334. The molecule has 98 valence electrons. The highest BCUT2D eigenvalue weighted by atomic mass is 16.7. The number of carbonyl (C=O) groups excluding carboxylic acids is 1. The predicted molar refractivity (Wildman–Crippen MR) is 71.3 cm³/mol. The Morgan fingerprint density at radius 1 is 0.947 bits per heavy atom. The van der Waals surface area contributed by atoms with Gasteiger partial charge in [-0.05, 0) is 17.7 Å². The third kappa shape index (κ3) is 4.81. The van der Waals surface area contributed by atoms with Crippen LogP contribution in [0.3, 0.4) is 0 Å². The lowest BCUT2D eigenvalue weighted by Crippen LogP contribution is -2.28. The van der Waals surface area contributed by atoms with Crippen molar-refractivity contribution in [3.63, 3.8) is 0 Å². The minimum absolute atomic E-state index is 0.0706. The summed E-state index contributed by atoms with van der Waals surface area (Å²) in [5.41, 5.74) is 3.33. The maximum Gasteiger partial charge on any atom is 0.281 e. The van der Waals surface area contributed by atoms with Gasteiger partial charge < -0.3 is 4.74 Å². The topological polar surface area (TPSA) is 47.6 Å². The van der Waals surface area contributed by atoms with Gasteiger partial charge in [-0.2, -0.15) is 0 Å². The zero-order valence-corrected chi connectivity index (χ0v) is 10.4. The first kappa shape index (κ1) is 13.1. The molecule has 2 aromatic carbocycles. The van der Waals surface area contributed by atoms with E-state index in [-0.39, 0.29) is 12.5 Å². The molecule has 19 heavy (non-hydrogen) atoms. The zero-order valence-electron chi connectivity index (χ0n) is 10.4. The highest BCUT2D eigenvalue weighted by Gasteiger charge is 2.02. The van der Waals surface area contributed by atoms with E-state index in [1.54, 1.807) is 12.1 Å². The van der Waals surface area contributed by atoms with Crippen molar-refractivity contribution in [3.05, 3.63) is 66.2 Å². The largest absolute Gasteiger partial charge is 0.484 e. The minimum Gasteiger partial charge on any atom is -0.484 e. The molecule has 2 rings (SSSR count). The standard InChI is InChI=1S/C15H15NO3/c17-15(12-18-14-9-5-2-6-10-14)16-19-11-13-7-3-1-4-8-13/h1-10H,11-12H2,(H,16,17). The summed E-state index contributed by atoms with van der Waals surface area (Å²) in [6.07, 6.45) is 0. The summed E-state index contributed by atoms with van der Waals surface area (Å²) in [6, 6.07) is 18.8. The number of benzene rings is 2. The van der Waals surface area contributed by atoms with Gasteiger partial charge in [0.05, 0.1) is 6.61 Å². The SMILES string of the molecule is O=C(COc1ccccc1)NOCc1ccccc1. The second kappa shape index (κ2) is 7.18. The first-order valence-electron chi connectivity index (χ1n) is 5.97. The van der Waals surface area contributed by atoms with Crippen LogP contribution in [-0.4, -0.2) is 12.5 Å². The van der Waals surface area contributed by atoms with Crippen molar-refractivity contribution in [1.82, 2.24) is 5.48 Å². The van der Waals surface area contributed by atoms with Gasteiger partial charge in [-0.1, -0.05) is 48.5 Å². The van der Waals surface area contributed by atoms with Crippen molar-refractivity contribution in [2.45, 2.75) is 6.61 Å². The van der Waals surface area contributed by atoms with E-state index < -0.39 is 0 Å².